The molecule has 0 heterocycles. The van der Waals surface area contributed by atoms with Gasteiger partial charge in [0.05, 0.1) is 24.7 Å². The first kappa shape index (κ1) is 17.3. The number of hydrogen-bond acceptors (Lipinski definition) is 6. The highest BCUT2D eigenvalue weighted by molar-refractivity contribution is 5.54. The first-order chi connectivity index (χ1) is 11.7. The highest BCUT2D eigenvalue weighted by atomic mass is 16.6. The van der Waals surface area contributed by atoms with Crippen LogP contribution in [0.1, 0.15) is 11.1 Å². The van der Waals surface area contributed by atoms with Gasteiger partial charge >= 0.3 is 6.47 Å². The lowest BCUT2D eigenvalue weighted by Gasteiger charge is -2.13. The largest absolute Gasteiger partial charge is 0.493 e. The smallest absolute Gasteiger partial charge is 0.417 e. The van der Waals surface area contributed by atoms with E-state index in [-0.39, 0.29) is 31.1 Å². The third-order valence-electron chi connectivity index (χ3n) is 3.33. The van der Waals surface area contributed by atoms with Crippen LogP contribution in [0.15, 0.2) is 42.5 Å². The molecule has 0 saturated carbocycles. The summed E-state index contributed by atoms with van der Waals surface area (Å²) in [4.78, 5) is 20.9. The number of nitro benzene ring substituents is 1. The van der Waals surface area contributed by atoms with Crippen molar-refractivity contribution in [3.63, 3.8) is 0 Å². The van der Waals surface area contributed by atoms with Crippen molar-refractivity contribution in [1.29, 1.82) is 0 Å². The Bertz CT molecular complexity index is 702. The van der Waals surface area contributed by atoms with Gasteiger partial charge in [0, 0.05) is 12.0 Å². The molecular weight excluding hydrogens is 314 g/mol. The number of nitro groups is 1. The monoisotopic (exact) mass is 330 g/mol. The Kier molecular flexibility index (Phi) is 6.13. The van der Waals surface area contributed by atoms with Gasteiger partial charge in [0.1, 0.15) is 6.61 Å². The van der Waals surface area contributed by atoms with E-state index in [0.29, 0.717) is 11.3 Å². The standard InChI is InChI=1S/C17H16NO6/c1-22-16-9-14(7-8-23-12-19)15(18(20)21)10-17(16)24-11-13-5-3-2-4-6-13/h2-6,9-10H,7-8,11H2,1H3. The van der Waals surface area contributed by atoms with E-state index in [2.05, 4.69) is 4.74 Å². The van der Waals surface area contributed by atoms with Crippen LogP contribution in [0.2, 0.25) is 0 Å². The Balaban J connectivity index is 2.24. The number of nitrogens with zero attached hydrogens (tertiary/aromatic N) is 1. The molecule has 0 unspecified atom stereocenters. The summed E-state index contributed by atoms with van der Waals surface area (Å²) in [5.74, 6) is 0.654. The number of benzene rings is 2. The van der Waals surface area contributed by atoms with E-state index in [1.54, 1.807) is 0 Å². The zero-order valence-electron chi connectivity index (χ0n) is 13.1. The molecule has 1 radical (unpaired) electrons. The highest BCUT2D eigenvalue weighted by Gasteiger charge is 2.20. The van der Waals surface area contributed by atoms with Crippen molar-refractivity contribution in [2.45, 2.75) is 13.0 Å². The molecule has 0 aromatic heterocycles. The van der Waals surface area contributed by atoms with Gasteiger partial charge in [-0.2, -0.15) is 0 Å². The van der Waals surface area contributed by atoms with Crippen molar-refractivity contribution >= 4 is 12.2 Å². The lowest BCUT2D eigenvalue weighted by Crippen LogP contribution is -2.04. The van der Waals surface area contributed by atoms with E-state index in [9.17, 15) is 14.9 Å². The van der Waals surface area contributed by atoms with Crippen molar-refractivity contribution in [2.24, 2.45) is 0 Å². The lowest BCUT2D eigenvalue weighted by molar-refractivity contribution is -0.385. The maximum absolute atomic E-state index is 11.3. The van der Waals surface area contributed by atoms with Crippen molar-refractivity contribution in [1.82, 2.24) is 0 Å². The summed E-state index contributed by atoms with van der Waals surface area (Å²) in [5.41, 5.74) is 1.20. The summed E-state index contributed by atoms with van der Waals surface area (Å²) < 4.78 is 15.4. The molecule has 0 spiro atoms. The van der Waals surface area contributed by atoms with Crippen LogP contribution in [-0.2, 0) is 22.6 Å². The average molecular weight is 330 g/mol. The van der Waals surface area contributed by atoms with Gasteiger partial charge in [0.15, 0.2) is 11.5 Å². The van der Waals surface area contributed by atoms with E-state index in [0.717, 1.165) is 5.56 Å². The molecule has 7 nitrogen and oxygen atoms in total. The molecular formula is C17H16NO6. The quantitative estimate of drug-likeness (QED) is 0.399. The molecule has 2 aromatic rings. The molecule has 0 amide bonds. The Morgan fingerprint density at radius 1 is 1.17 bits per heavy atom. The van der Waals surface area contributed by atoms with Crippen molar-refractivity contribution in [3.8, 4) is 11.5 Å². The van der Waals surface area contributed by atoms with E-state index in [4.69, 9.17) is 9.47 Å². The molecule has 0 bridgehead atoms. The number of methoxy groups -OCH3 is 1. The van der Waals surface area contributed by atoms with Gasteiger partial charge in [0.25, 0.3) is 5.69 Å². The maximum atomic E-state index is 11.3. The van der Waals surface area contributed by atoms with Crippen molar-refractivity contribution in [3.05, 3.63) is 63.7 Å². The Morgan fingerprint density at radius 2 is 1.92 bits per heavy atom. The van der Waals surface area contributed by atoms with Gasteiger partial charge in [-0.3, -0.25) is 10.1 Å². The molecule has 7 heteroatoms. The van der Waals surface area contributed by atoms with Gasteiger partial charge in [-0.05, 0) is 11.6 Å². The van der Waals surface area contributed by atoms with Gasteiger partial charge < -0.3 is 14.2 Å². The summed E-state index contributed by atoms with van der Waals surface area (Å²) in [7, 11) is 1.45. The predicted molar refractivity (Wildman–Crippen MR) is 85.8 cm³/mol. The van der Waals surface area contributed by atoms with Crippen LogP contribution in [0.5, 0.6) is 11.5 Å². The summed E-state index contributed by atoms with van der Waals surface area (Å²) in [6.45, 7) is 1.55. The molecule has 0 saturated heterocycles. The topological polar surface area (TPSA) is 87.9 Å². The summed E-state index contributed by atoms with van der Waals surface area (Å²) in [5, 5.41) is 11.3. The molecule has 0 aliphatic rings. The van der Waals surface area contributed by atoms with Gasteiger partial charge in [0.2, 0.25) is 0 Å². The fourth-order valence-electron chi connectivity index (χ4n) is 2.17. The molecule has 2 aromatic carbocycles. The van der Waals surface area contributed by atoms with Gasteiger partial charge in [-0.1, -0.05) is 30.3 Å². The summed E-state index contributed by atoms with van der Waals surface area (Å²) in [6.07, 6.45) is 0.181. The number of carbonyl (C=O) groups excluding carboxylic acids is 1. The number of rotatable bonds is 9. The summed E-state index contributed by atoms with van der Waals surface area (Å²) in [6, 6.07) is 12.3. The molecule has 24 heavy (non-hydrogen) atoms. The Labute approximate surface area is 138 Å². The average Bonchev–Trinajstić information content (AvgIpc) is 2.60. The SMILES string of the molecule is COc1cc(CCO[C]=O)c([N+](=O)[O-])cc1OCc1ccccc1. The van der Waals surface area contributed by atoms with Crippen LogP contribution in [0.3, 0.4) is 0 Å². The van der Waals surface area contributed by atoms with Crippen LogP contribution in [0, 0.1) is 10.1 Å². The van der Waals surface area contributed by atoms with Crippen molar-refractivity contribution in [2.75, 3.05) is 13.7 Å². The van der Waals surface area contributed by atoms with Crippen LogP contribution in [-0.4, -0.2) is 25.1 Å². The fourth-order valence-corrected chi connectivity index (χ4v) is 2.17. The molecule has 0 fully saturated rings. The normalized spacial score (nSPS) is 10.0. The maximum Gasteiger partial charge on any atom is 0.417 e. The van der Waals surface area contributed by atoms with Crippen LogP contribution >= 0.6 is 0 Å². The minimum atomic E-state index is -0.505. The first-order valence-corrected chi connectivity index (χ1v) is 7.16. The molecule has 0 N–H and O–H groups in total. The minimum Gasteiger partial charge on any atom is -0.493 e. The van der Waals surface area contributed by atoms with Gasteiger partial charge in [-0.15, -0.1) is 0 Å². The minimum absolute atomic E-state index is 0.00227. The second-order valence-electron chi connectivity index (χ2n) is 4.84. The van der Waals surface area contributed by atoms with Crippen molar-refractivity contribution < 1.29 is 23.9 Å². The van der Waals surface area contributed by atoms with E-state index < -0.39 is 4.92 Å². The molecule has 125 valence electrons. The fraction of sp³-hybridized carbons (Fsp3) is 0.235. The highest BCUT2D eigenvalue weighted by Crippen LogP contribution is 2.35. The third-order valence-corrected chi connectivity index (χ3v) is 3.33. The van der Waals surface area contributed by atoms with Crippen LogP contribution in [0.4, 0.5) is 5.69 Å². The summed E-state index contributed by atoms with van der Waals surface area (Å²) >= 11 is 0. The molecule has 0 aliphatic carbocycles. The second-order valence-corrected chi connectivity index (χ2v) is 4.84. The Morgan fingerprint density at radius 3 is 2.54 bits per heavy atom. The second kappa shape index (κ2) is 8.52. The Hall–Kier alpha value is -3.09. The first-order valence-electron chi connectivity index (χ1n) is 7.16. The zero-order valence-corrected chi connectivity index (χ0v) is 13.1. The zero-order chi connectivity index (χ0) is 17.4. The molecule has 0 aliphatic heterocycles. The number of ether oxygens (including phenoxy) is 3. The molecule has 2 rings (SSSR count). The molecule has 0 atom stereocenters. The van der Waals surface area contributed by atoms with Crippen LogP contribution in [0.25, 0.3) is 0 Å². The van der Waals surface area contributed by atoms with Crippen LogP contribution < -0.4 is 9.47 Å². The predicted octanol–water partition coefficient (Wildman–Crippen LogP) is 2.81. The van der Waals surface area contributed by atoms with E-state index in [1.165, 1.54) is 25.7 Å². The lowest BCUT2D eigenvalue weighted by atomic mass is 10.1. The third kappa shape index (κ3) is 4.45. The van der Waals surface area contributed by atoms with E-state index in [1.807, 2.05) is 30.3 Å². The van der Waals surface area contributed by atoms with E-state index >= 15 is 0 Å². The number of hydrogen-bond donors (Lipinski definition) is 0. The van der Waals surface area contributed by atoms with Gasteiger partial charge in [-0.25, -0.2) is 4.79 Å².